The van der Waals surface area contributed by atoms with Gasteiger partial charge < -0.3 is 15.4 Å². The van der Waals surface area contributed by atoms with Crippen molar-refractivity contribution in [2.45, 2.75) is 26.3 Å². The van der Waals surface area contributed by atoms with E-state index in [0.29, 0.717) is 11.6 Å². The minimum Gasteiger partial charge on any atom is -0.494 e. The summed E-state index contributed by atoms with van der Waals surface area (Å²) in [6, 6.07) is 10.8. The normalized spacial score (nSPS) is 11.7. The van der Waals surface area contributed by atoms with Gasteiger partial charge in [0.2, 0.25) is 5.91 Å². The van der Waals surface area contributed by atoms with Gasteiger partial charge >= 0.3 is 0 Å². The van der Waals surface area contributed by atoms with Crippen molar-refractivity contribution in [3.63, 3.8) is 0 Å². The van der Waals surface area contributed by atoms with Crippen molar-refractivity contribution in [2.24, 2.45) is 0 Å². The number of anilines is 2. The van der Waals surface area contributed by atoms with Gasteiger partial charge in [-0.3, -0.25) is 4.79 Å². The minimum atomic E-state index is -0.565. The molecule has 24 heavy (non-hydrogen) atoms. The lowest BCUT2D eigenvalue weighted by Crippen LogP contribution is -2.32. The molecule has 1 amide bonds. The third-order valence-electron chi connectivity index (χ3n) is 3.27. The Morgan fingerprint density at radius 3 is 2.83 bits per heavy atom. The second kappa shape index (κ2) is 8.55. The van der Waals surface area contributed by atoms with E-state index in [4.69, 9.17) is 16.3 Å². The Bertz CT molecular complexity index is 709. The lowest BCUT2D eigenvalue weighted by atomic mass is 10.2. The van der Waals surface area contributed by atoms with Crippen LogP contribution in [0, 0.1) is 5.82 Å². The van der Waals surface area contributed by atoms with Crippen LogP contribution in [0.3, 0.4) is 0 Å². The highest BCUT2D eigenvalue weighted by atomic mass is 35.5. The van der Waals surface area contributed by atoms with Gasteiger partial charge in [-0.1, -0.05) is 24.6 Å². The fourth-order valence-electron chi connectivity index (χ4n) is 2.05. The average Bonchev–Trinajstić information content (AvgIpc) is 2.56. The Kier molecular flexibility index (Phi) is 6.44. The molecule has 0 spiro atoms. The summed E-state index contributed by atoms with van der Waals surface area (Å²) in [5.41, 5.74) is 0.805. The second-order valence-electron chi connectivity index (χ2n) is 5.36. The molecule has 0 aliphatic heterocycles. The molecule has 2 aromatic carbocycles. The number of ether oxygens (including phenoxy) is 1. The van der Waals surface area contributed by atoms with Gasteiger partial charge in [-0.25, -0.2) is 4.39 Å². The number of carbonyl (C=O) groups is 1. The molecule has 6 heteroatoms. The topological polar surface area (TPSA) is 50.4 Å². The van der Waals surface area contributed by atoms with Gasteiger partial charge in [-0.05, 0) is 43.7 Å². The Hall–Kier alpha value is -2.27. The fraction of sp³-hybridized carbons (Fsp3) is 0.278. The van der Waals surface area contributed by atoms with Gasteiger partial charge in [0.25, 0.3) is 0 Å². The van der Waals surface area contributed by atoms with Crippen molar-refractivity contribution >= 4 is 28.9 Å². The van der Waals surface area contributed by atoms with E-state index in [2.05, 4.69) is 10.6 Å². The molecule has 0 aliphatic carbocycles. The van der Waals surface area contributed by atoms with Crippen LogP contribution in [0.1, 0.15) is 20.3 Å². The van der Waals surface area contributed by atoms with Crippen LogP contribution in [-0.2, 0) is 4.79 Å². The van der Waals surface area contributed by atoms with E-state index in [-0.39, 0.29) is 11.6 Å². The van der Waals surface area contributed by atoms with Crippen LogP contribution in [0.2, 0.25) is 5.02 Å². The number of carbonyl (C=O) groups excluding carboxylic acids is 1. The molecule has 0 saturated carbocycles. The van der Waals surface area contributed by atoms with Crippen LogP contribution >= 0.6 is 11.6 Å². The summed E-state index contributed by atoms with van der Waals surface area (Å²) in [6.45, 7) is 4.36. The number of hydrogen-bond acceptors (Lipinski definition) is 3. The maximum Gasteiger partial charge on any atom is 0.246 e. The van der Waals surface area contributed by atoms with Crippen LogP contribution in [-0.4, -0.2) is 18.6 Å². The highest BCUT2D eigenvalue weighted by Gasteiger charge is 2.15. The molecule has 0 aliphatic rings. The Labute approximate surface area is 146 Å². The molecule has 2 aromatic rings. The van der Waals surface area contributed by atoms with E-state index in [1.807, 2.05) is 31.2 Å². The van der Waals surface area contributed by atoms with Crippen LogP contribution in [0.4, 0.5) is 15.8 Å². The number of rotatable bonds is 7. The molecular weight excluding hydrogens is 331 g/mol. The van der Waals surface area contributed by atoms with E-state index < -0.39 is 11.9 Å². The second-order valence-corrected chi connectivity index (χ2v) is 5.79. The van der Waals surface area contributed by atoms with Crippen molar-refractivity contribution in [3.05, 3.63) is 53.3 Å². The van der Waals surface area contributed by atoms with Crippen molar-refractivity contribution in [3.8, 4) is 5.75 Å². The highest BCUT2D eigenvalue weighted by molar-refractivity contribution is 6.30. The molecule has 1 unspecified atom stereocenters. The molecule has 4 nitrogen and oxygen atoms in total. The van der Waals surface area contributed by atoms with Gasteiger partial charge in [-0.2, -0.15) is 0 Å². The quantitative estimate of drug-likeness (QED) is 0.760. The Morgan fingerprint density at radius 1 is 1.29 bits per heavy atom. The molecule has 0 saturated heterocycles. The van der Waals surface area contributed by atoms with Gasteiger partial charge in [0.1, 0.15) is 17.6 Å². The summed E-state index contributed by atoms with van der Waals surface area (Å²) in [5.74, 6) is -0.165. The number of benzene rings is 2. The molecule has 0 bridgehead atoms. The third-order valence-corrected chi connectivity index (χ3v) is 3.50. The zero-order chi connectivity index (χ0) is 17.5. The number of halogens is 2. The lowest BCUT2D eigenvalue weighted by molar-refractivity contribution is -0.116. The Morgan fingerprint density at radius 2 is 2.08 bits per heavy atom. The first kappa shape index (κ1) is 18.1. The molecule has 2 rings (SSSR count). The average molecular weight is 351 g/mol. The van der Waals surface area contributed by atoms with E-state index in [1.165, 1.54) is 18.2 Å². The first-order chi connectivity index (χ1) is 11.5. The summed E-state index contributed by atoms with van der Waals surface area (Å²) in [7, 11) is 0. The van der Waals surface area contributed by atoms with Crippen molar-refractivity contribution < 1.29 is 13.9 Å². The predicted octanol–water partition coefficient (Wildman–Crippen LogP) is 4.71. The van der Waals surface area contributed by atoms with Crippen molar-refractivity contribution in [1.29, 1.82) is 0 Å². The molecule has 2 N–H and O–H groups in total. The first-order valence-corrected chi connectivity index (χ1v) is 8.12. The summed E-state index contributed by atoms with van der Waals surface area (Å²) in [6.07, 6.45) is 0.918. The van der Waals surface area contributed by atoms with E-state index in [0.717, 1.165) is 17.9 Å². The number of hydrogen-bond donors (Lipinski definition) is 2. The summed E-state index contributed by atoms with van der Waals surface area (Å²) in [4.78, 5) is 12.2. The molecule has 1 atom stereocenters. The van der Waals surface area contributed by atoms with Crippen molar-refractivity contribution in [1.82, 2.24) is 0 Å². The van der Waals surface area contributed by atoms with Gasteiger partial charge in [0.15, 0.2) is 0 Å². The molecule has 128 valence electrons. The maximum atomic E-state index is 13.7. The highest BCUT2D eigenvalue weighted by Crippen LogP contribution is 2.21. The standard InChI is InChI=1S/C18H20ClFN2O2/c1-3-9-24-15-6-4-5-14(11-15)21-12(2)18(23)22-17-10-13(19)7-8-16(17)20/h4-8,10-12,21H,3,9H2,1-2H3,(H,22,23). The van der Waals surface area contributed by atoms with Gasteiger partial charge in [0.05, 0.1) is 12.3 Å². The number of nitrogens with one attached hydrogen (secondary N) is 2. The molecule has 0 heterocycles. The van der Waals surface area contributed by atoms with E-state index >= 15 is 0 Å². The lowest BCUT2D eigenvalue weighted by Gasteiger charge is -2.16. The SMILES string of the molecule is CCCOc1cccc(NC(C)C(=O)Nc2cc(Cl)ccc2F)c1. The van der Waals surface area contributed by atoms with Crippen LogP contribution < -0.4 is 15.4 Å². The first-order valence-electron chi connectivity index (χ1n) is 7.75. The van der Waals surface area contributed by atoms with Crippen LogP contribution in [0.25, 0.3) is 0 Å². The van der Waals surface area contributed by atoms with Crippen molar-refractivity contribution in [2.75, 3.05) is 17.2 Å². The van der Waals surface area contributed by atoms with Crippen LogP contribution in [0.15, 0.2) is 42.5 Å². The summed E-state index contributed by atoms with van der Waals surface area (Å²) >= 11 is 5.82. The molecule has 0 aromatic heterocycles. The summed E-state index contributed by atoms with van der Waals surface area (Å²) in [5, 5.41) is 5.95. The number of amides is 1. The largest absolute Gasteiger partial charge is 0.494 e. The third kappa shape index (κ3) is 5.13. The summed E-state index contributed by atoms with van der Waals surface area (Å²) < 4.78 is 19.2. The smallest absolute Gasteiger partial charge is 0.246 e. The zero-order valence-corrected chi connectivity index (χ0v) is 14.4. The molecule has 0 fully saturated rings. The van der Waals surface area contributed by atoms with E-state index in [9.17, 15) is 9.18 Å². The fourth-order valence-corrected chi connectivity index (χ4v) is 2.22. The predicted molar refractivity (Wildman–Crippen MR) is 95.4 cm³/mol. The Balaban J connectivity index is 1.99. The van der Waals surface area contributed by atoms with Crippen LogP contribution in [0.5, 0.6) is 5.75 Å². The zero-order valence-electron chi connectivity index (χ0n) is 13.6. The maximum absolute atomic E-state index is 13.7. The van der Waals surface area contributed by atoms with Gasteiger partial charge in [0, 0.05) is 16.8 Å². The van der Waals surface area contributed by atoms with Gasteiger partial charge in [-0.15, -0.1) is 0 Å². The monoisotopic (exact) mass is 350 g/mol. The minimum absolute atomic E-state index is 0.0566. The molecular formula is C18H20ClFN2O2. The van der Waals surface area contributed by atoms with E-state index in [1.54, 1.807) is 6.92 Å². The molecule has 0 radical (unpaired) electrons.